The number of hydrogen-bond donors (Lipinski definition) is 1. The molecule has 3 aromatic heterocycles. The summed E-state index contributed by atoms with van der Waals surface area (Å²) in [6.07, 6.45) is -0.270. The Labute approximate surface area is 293 Å². The second-order valence-corrected chi connectivity index (χ2v) is 12.3. The molecular weight excluding hydrogens is 631 g/mol. The molecule has 10 rings (SSSR count). The van der Waals surface area contributed by atoms with Gasteiger partial charge in [0.15, 0.2) is 0 Å². The Morgan fingerprint density at radius 1 is 0.412 bits per heavy atom. The molecule has 242 valence electrons. The van der Waals surface area contributed by atoms with Crippen LogP contribution in [0.5, 0.6) is 0 Å². The lowest BCUT2D eigenvalue weighted by Crippen LogP contribution is -2.26. The first-order chi connectivity index (χ1) is 25.3. The second-order valence-electron chi connectivity index (χ2n) is 12.3. The van der Waals surface area contributed by atoms with Crippen LogP contribution in [0.2, 0.25) is 0 Å². The molecular formula is C42H29N9. The van der Waals surface area contributed by atoms with Gasteiger partial charge in [0.1, 0.15) is 17.8 Å². The quantitative estimate of drug-likeness (QED) is 0.190. The Kier molecular flexibility index (Phi) is 6.66. The molecule has 4 heterocycles. The first-order valence-corrected chi connectivity index (χ1v) is 16.8. The summed E-state index contributed by atoms with van der Waals surface area (Å²) in [5, 5.41) is 3.73. The fraction of sp³-hybridized carbons (Fsp3) is 0.0238. The van der Waals surface area contributed by atoms with E-state index in [0.29, 0.717) is 17.8 Å². The maximum absolute atomic E-state index is 5.31. The van der Waals surface area contributed by atoms with Crippen LogP contribution in [0.25, 0.3) is 56.7 Å². The molecule has 6 aromatic carbocycles. The van der Waals surface area contributed by atoms with Crippen LogP contribution in [0.15, 0.2) is 164 Å². The number of nitrogens with one attached hydrogen (secondary N) is 1. The van der Waals surface area contributed by atoms with E-state index in [4.69, 9.17) is 24.9 Å². The summed E-state index contributed by atoms with van der Waals surface area (Å²) >= 11 is 0. The smallest absolute Gasteiger partial charge is 0.242 e. The van der Waals surface area contributed by atoms with Gasteiger partial charge in [0.2, 0.25) is 17.8 Å². The van der Waals surface area contributed by atoms with Crippen LogP contribution in [0, 0.1) is 0 Å². The van der Waals surface area contributed by atoms with Crippen molar-refractivity contribution in [2.24, 2.45) is 0 Å². The maximum Gasteiger partial charge on any atom is 0.242 e. The summed E-state index contributed by atoms with van der Waals surface area (Å²) < 4.78 is 4.07. The summed E-state index contributed by atoms with van der Waals surface area (Å²) in [7, 11) is 0. The Hall–Kier alpha value is -7.13. The van der Waals surface area contributed by atoms with Crippen molar-refractivity contribution in [2.45, 2.75) is 6.17 Å². The molecule has 0 amide bonds. The highest BCUT2D eigenvalue weighted by molar-refractivity contribution is 5.85. The third-order valence-corrected chi connectivity index (χ3v) is 9.23. The van der Waals surface area contributed by atoms with Crippen molar-refractivity contribution >= 4 is 39.4 Å². The van der Waals surface area contributed by atoms with Gasteiger partial charge in [-0.05, 0) is 42.0 Å². The summed E-state index contributed by atoms with van der Waals surface area (Å²) in [5.41, 5.74) is 8.39. The van der Waals surface area contributed by atoms with E-state index >= 15 is 0 Å². The topological polar surface area (TPSA) is 89.6 Å². The minimum absolute atomic E-state index is 0.270. The van der Waals surface area contributed by atoms with E-state index in [1.54, 1.807) is 0 Å². The predicted molar refractivity (Wildman–Crippen MR) is 201 cm³/mol. The number of para-hydroxylation sites is 6. The van der Waals surface area contributed by atoms with E-state index in [-0.39, 0.29) is 6.17 Å². The molecule has 0 fully saturated rings. The molecule has 9 nitrogen and oxygen atoms in total. The van der Waals surface area contributed by atoms with Crippen LogP contribution < -0.4 is 10.2 Å². The Balaban J connectivity index is 1.30. The van der Waals surface area contributed by atoms with Crippen LogP contribution in [-0.2, 0) is 0 Å². The lowest BCUT2D eigenvalue weighted by Gasteiger charge is -2.26. The van der Waals surface area contributed by atoms with Gasteiger partial charge in [-0.3, -0.25) is 14.0 Å². The predicted octanol–water partition coefficient (Wildman–Crippen LogP) is 9.15. The van der Waals surface area contributed by atoms with Gasteiger partial charge >= 0.3 is 0 Å². The van der Waals surface area contributed by atoms with Crippen molar-refractivity contribution in [1.29, 1.82) is 0 Å². The normalized spacial score (nSPS) is 13.8. The highest BCUT2D eigenvalue weighted by atomic mass is 15.4. The minimum atomic E-state index is -0.270. The summed E-state index contributed by atoms with van der Waals surface area (Å²) in [4.78, 5) is 28.3. The highest BCUT2D eigenvalue weighted by Crippen LogP contribution is 2.45. The molecule has 0 bridgehead atoms. The third kappa shape index (κ3) is 4.82. The molecule has 1 aliphatic rings. The molecule has 0 saturated heterocycles. The fourth-order valence-electron chi connectivity index (χ4n) is 6.92. The van der Waals surface area contributed by atoms with Crippen molar-refractivity contribution in [3.8, 4) is 34.7 Å². The monoisotopic (exact) mass is 659 g/mol. The number of benzene rings is 6. The Bertz CT molecular complexity index is 2550. The highest BCUT2D eigenvalue weighted by Gasteiger charge is 2.34. The molecule has 9 aromatic rings. The van der Waals surface area contributed by atoms with E-state index in [1.165, 1.54) is 0 Å². The van der Waals surface area contributed by atoms with Crippen LogP contribution in [0.1, 0.15) is 11.7 Å². The summed E-state index contributed by atoms with van der Waals surface area (Å²) in [6, 6.07) is 55.1. The number of fused-ring (bicyclic) bond motifs is 3. The second kappa shape index (κ2) is 11.8. The molecule has 0 aliphatic carbocycles. The Morgan fingerprint density at radius 2 is 0.863 bits per heavy atom. The third-order valence-electron chi connectivity index (χ3n) is 9.23. The fourth-order valence-corrected chi connectivity index (χ4v) is 6.92. The maximum atomic E-state index is 5.31. The molecule has 1 atom stereocenters. The number of rotatable bonds is 6. The number of imidazole rings is 2. The number of hydrogen-bond acceptors (Lipinski definition) is 7. The van der Waals surface area contributed by atoms with Gasteiger partial charge in [-0.1, -0.05) is 127 Å². The average Bonchev–Trinajstić information content (AvgIpc) is 3.91. The number of aromatic nitrogens is 7. The molecule has 1 aliphatic heterocycles. The van der Waals surface area contributed by atoms with E-state index in [1.807, 2.05) is 100 Å². The molecule has 1 N–H and O–H groups in total. The van der Waals surface area contributed by atoms with Crippen LogP contribution in [0.3, 0.4) is 0 Å². The van der Waals surface area contributed by atoms with Gasteiger partial charge < -0.3 is 5.32 Å². The standard InChI is InChI=1S/C42H29N9/c1-4-16-28(17-5-1)37-43-31-22-10-13-25-34(31)49(37)40-46-41(50-35-26-14-11-23-32(35)44-38(50)29-18-6-2-7-19-29)48-42(47-40)51-36-27-15-12-24-33(36)45-39(51)30-20-8-3-9-21-30/h1-27,37,43H. The lowest BCUT2D eigenvalue weighted by atomic mass is 10.1. The molecule has 0 spiro atoms. The zero-order valence-corrected chi connectivity index (χ0v) is 27.2. The first-order valence-electron chi connectivity index (χ1n) is 16.8. The van der Waals surface area contributed by atoms with Gasteiger partial charge in [-0.25, -0.2) is 9.97 Å². The number of anilines is 3. The van der Waals surface area contributed by atoms with Crippen molar-refractivity contribution in [3.05, 3.63) is 169 Å². The minimum Gasteiger partial charge on any atom is -0.359 e. The van der Waals surface area contributed by atoms with E-state index < -0.39 is 0 Å². The Morgan fingerprint density at radius 3 is 1.43 bits per heavy atom. The molecule has 0 saturated carbocycles. The van der Waals surface area contributed by atoms with Gasteiger partial charge in [-0.2, -0.15) is 15.0 Å². The van der Waals surface area contributed by atoms with E-state index in [0.717, 1.165) is 61.8 Å². The summed E-state index contributed by atoms with van der Waals surface area (Å²) in [5.74, 6) is 2.83. The van der Waals surface area contributed by atoms with Crippen molar-refractivity contribution in [3.63, 3.8) is 0 Å². The zero-order valence-electron chi connectivity index (χ0n) is 27.2. The van der Waals surface area contributed by atoms with Crippen molar-refractivity contribution in [2.75, 3.05) is 10.2 Å². The first kappa shape index (κ1) is 28.8. The average molecular weight is 660 g/mol. The largest absolute Gasteiger partial charge is 0.359 e. The summed E-state index contributed by atoms with van der Waals surface area (Å²) in [6.45, 7) is 0. The van der Waals surface area contributed by atoms with Gasteiger partial charge in [0, 0.05) is 11.1 Å². The molecule has 51 heavy (non-hydrogen) atoms. The lowest BCUT2D eigenvalue weighted by molar-refractivity contribution is 0.771. The van der Waals surface area contributed by atoms with E-state index in [9.17, 15) is 0 Å². The van der Waals surface area contributed by atoms with Gasteiger partial charge in [-0.15, -0.1) is 0 Å². The molecule has 0 radical (unpaired) electrons. The van der Waals surface area contributed by atoms with E-state index in [2.05, 4.69) is 83.0 Å². The van der Waals surface area contributed by atoms with Crippen LogP contribution in [-0.4, -0.2) is 34.1 Å². The van der Waals surface area contributed by atoms with Crippen LogP contribution >= 0.6 is 0 Å². The zero-order chi connectivity index (χ0) is 33.7. The van der Waals surface area contributed by atoms with Crippen LogP contribution in [0.4, 0.5) is 17.3 Å². The number of nitrogens with zero attached hydrogens (tertiary/aromatic N) is 8. The van der Waals surface area contributed by atoms with Gasteiger partial charge in [0.25, 0.3) is 0 Å². The van der Waals surface area contributed by atoms with Crippen molar-refractivity contribution in [1.82, 2.24) is 34.1 Å². The SMILES string of the molecule is c1ccc(-c2nc3ccccc3n2-c2nc(N3c4ccccc4NC3c3ccccc3)nc(-n3c(-c4ccccc4)nc4ccccc43)n2)cc1. The molecule has 1 unspecified atom stereocenters. The van der Waals surface area contributed by atoms with Gasteiger partial charge in [0.05, 0.1) is 33.4 Å². The van der Waals surface area contributed by atoms with Crippen molar-refractivity contribution < 1.29 is 0 Å². The molecule has 9 heteroatoms.